The van der Waals surface area contributed by atoms with Crippen LogP contribution in [0, 0.1) is 6.92 Å². The molecule has 0 unspecified atom stereocenters. The summed E-state index contributed by atoms with van der Waals surface area (Å²) in [5.74, 6) is 0.221. The van der Waals surface area contributed by atoms with Gasteiger partial charge in [0.2, 0.25) is 15.9 Å². The van der Waals surface area contributed by atoms with E-state index in [0.717, 1.165) is 21.7 Å². The molecule has 1 atom stereocenters. The zero-order valence-electron chi connectivity index (χ0n) is 15.7. The van der Waals surface area contributed by atoms with Gasteiger partial charge in [-0.15, -0.1) is 0 Å². The Morgan fingerprint density at radius 1 is 1.26 bits per heavy atom. The summed E-state index contributed by atoms with van der Waals surface area (Å²) in [4.78, 5) is 12.6. The third-order valence-corrected chi connectivity index (χ3v) is 5.79. The lowest BCUT2D eigenvalue weighted by Crippen LogP contribution is -2.47. The van der Waals surface area contributed by atoms with E-state index in [4.69, 9.17) is 16.3 Å². The van der Waals surface area contributed by atoms with Gasteiger partial charge in [-0.05, 0) is 37.6 Å². The third kappa shape index (κ3) is 5.14. The second-order valence-electron chi connectivity index (χ2n) is 6.20. The maximum atomic E-state index is 12.6. The molecule has 6 nitrogen and oxygen atoms in total. The van der Waals surface area contributed by atoms with Crippen molar-refractivity contribution in [2.75, 3.05) is 17.7 Å². The largest absolute Gasteiger partial charge is 0.496 e. The summed E-state index contributed by atoms with van der Waals surface area (Å²) in [5, 5.41) is 3.20. The van der Waals surface area contributed by atoms with Crippen molar-refractivity contribution in [3.8, 4) is 5.75 Å². The number of hydrogen-bond acceptors (Lipinski definition) is 4. The van der Waals surface area contributed by atoms with Gasteiger partial charge in [-0.1, -0.05) is 35.9 Å². The van der Waals surface area contributed by atoms with E-state index in [1.807, 2.05) is 25.1 Å². The number of hydrogen-bond donors (Lipinski definition) is 1. The Bertz CT molecular complexity index is 931. The highest BCUT2D eigenvalue weighted by Gasteiger charge is 2.29. The molecule has 2 aromatic rings. The lowest BCUT2D eigenvalue weighted by atomic mass is 10.2. The first-order chi connectivity index (χ1) is 12.6. The van der Waals surface area contributed by atoms with Crippen LogP contribution in [0.1, 0.15) is 18.1 Å². The minimum Gasteiger partial charge on any atom is -0.496 e. The van der Waals surface area contributed by atoms with Crippen LogP contribution in [0.25, 0.3) is 0 Å². The summed E-state index contributed by atoms with van der Waals surface area (Å²) in [6, 6.07) is 11.2. The molecule has 0 bridgehead atoms. The second kappa shape index (κ2) is 8.63. The van der Waals surface area contributed by atoms with Crippen LogP contribution in [0.5, 0.6) is 5.75 Å². The summed E-state index contributed by atoms with van der Waals surface area (Å²) in [5.41, 5.74) is 1.96. The van der Waals surface area contributed by atoms with Crippen LogP contribution in [0.4, 0.5) is 5.69 Å². The van der Waals surface area contributed by atoms with Crippen molar-refractivity contribution < 1.29 is 17.9 Å². The molecule has 0 radical (unpaired) electrons. The molecule has 1 N–H and O–H groups in total. The molecule has 0 aliphatic heterocycles. The van der Waals surface area contributed by atoms with Gasteiger partial charge >= 0.3 is 0 Å². The van der Waals surface area contributed by atoms with E-state index < -0.39 is 22.0 Å². The summed E-state index contributed by atoms with van der Waals surface area (Å²) in [7, 11) is -2.15. The first-order valence-electron chi connectivity index (χ1n) is 8.30. The van der Waals surface area contributed by atoms with Gasteiger partial charge in [0.05, 0.1) is 19.1 Å². The van der Waals surface area contributed by atoms with Crippen molar-refractivity contribution in [1.82, 2.24) is 5.32 Å². The minimum atomic E-state index is -3.70. The molecule has 0 fully saturated rings. The number of halogens is 1. The fourth-order valence-electron chi connectivity index (χ4n) is 2.71. The molecular formula is C19H23ClN2O4S. The van der Waals surface area contributed by atoms with Crippen LogP contribution in [0.15, 0.2) is 42.5 Å². The number of benzene rings is 2. The first kappa shape index (κ1) is 21.1. The highest BCUT2D eigenvalue weighted by atomic mass is 35.5. The molecule has 0 saturated carbocycles. The van der Waals surface area contributed by atoms with Crippen molar-refractivity contribution >= 4 is 33.2 Å². The molecule has 0 aromatic heterocycles. The number of ether oxygens (including phenoxy) is 1. The number of sulfonamides is 1. The molecule has 27 heavy (non-hydrogen) atoms. The number of anilines is 1. The Morgan fingerprint density at radius 2 is 1.93 bits per heavy atom. The molecular weight excluding hydrogens is 388 g/mol. The predicted molar refractivity (Wildman–Crippen MR) is 108 cm³/mol. The Morgan fingerprint density at radius 3 is 2.52 bits per heavy atom. The number of methoxy groups -OCH3 is 1. The van der Waals surface area contributed by atoms with Gasteiger partial charge in [0, 0.05) is 17.1 Å². The minimum absolute atomic E-state index is 0.222. The number of rotatable bonds is 7. The van der Waals surface area contributed by atoms with Gasteiger partial charge in [-0.2, -0.15) is 0 Å². The zero-order chi connectivity index (χ0) is 20.2. The molecule has 2 aromatic carbocycles. The summed E-state index contributed by atoms with van der Waals surface area (Å²) >= 11 is 6.13. The van der Waals surface area contributed by atoms with Crippen LogP contribution in [-0.4, -0.2) is 33.7 Å². The van der Waals surface area contributed by atoms with Crippen molar-refractivity contribution in [3.05, 3.63) is 58.6 Å². The fourth-order valence-corrected chi connectivity index (χ4v) is 4.05. The van der Waals surface area contributed by atoms with Crippen LogP contribution in [-0.2, 0) is 21.4 Å². The number of aryl methyl sites for hydroxylation is 1. The van der Waals surface area contributed by atoms with E-state index in [1.54, 1.807) is 31.4 Å². The number of nitrogens with one attached hydrogen (secondary N) is 1. The van der Waals surface area contributed by atoms with Gasteiger partial charge < -0.3 is 10.1 Å². The van der Waals surface area contributed by atoms with Crippen molar-refractivity contribution in [2.24, 2.45) is 0 Å². The van der Waals surface area contributed by atoms with Crippen LogP contribution in [0.2, 0.25) is 5.02 Å². The average Bonchev–Trinajstić information content (AvgIpc) is 2.61. The average molecular weight is 411 g/mol. The normalized spacial score (nSPS) is 12.3. The van der Waals surface area contributed by atoms with E-state index in [-0.39, 0.29) is 6.54 Å². The fraction of sp³-hybridized carbons (Fsp3) is 0.316. The highest BCUT2D eigenvalue weighted by Crippen LogP contribution is 2.27. The standard InChI is InChI=1S/C19H23ClN2O4S/c1-13-9-10-16(11-17(13)20)22(27(4,24)25)14(2)19(23)21-12-15-7-5-6-8-18(15)26-3/h5-11,14H,12H2,1-4H3,(H,21,23)/t14-/m1/s1. The number of para-hydroxylation sites is 1. The number of carbonyl (C=O) groups excluding carboxylic acids is 1. The predicted octanol–water partition coefficient (Wildman–Crippen LogP) is 3.13. The van der Waals surface area contributed by atoms with Gasteiger partial charge in [0.1, 0.15) is 11.8 Å². The number of nitrogens with zero attached hydrogens (tertiary/aromatic N) is 1. The summed E-state index contributed by atoms with van der Waals surface area (Å²) in [6.07, 6.45) is 1.06. The van der Waals surface area contributed by atoms with Gasteiger partial charge in [0.25, 0.3) is 0 Å². The van der Waals surface area contributed by atoms with E-state index in [9.17, 15) is 13.2 Å². The smallest absolute Gasteiger partial charge is 0.243 e. The first-order valence-corrected chi connectivity index (χ1v) is 10.5. The SMILES string of the molecule is COc1ccccc1CNC(=O)[C@@H](C)N(c1ccc(C)c(Cl)c1)S(C)(=O)=O. The zero-order valence-corrected chi connectivity index (χ0v) is 17.3. The van der Waals surface area contributed by atoms with E-state index in [1.165, 1.54) is 6.92 Å². The monoisotopic (exact) mass is 410 g/mol. The maximum Gasteiger partial charge on any atom is 0.243 e. The Balaban J connectivity index is 2.23. The van der Waals surface area contributed by atoms with E-state index in [2.05, 4.69) is 5.32 Å². The lowest BCUT2D eigenvalue weighted by Gasteiger charge is -2.28. The Kier molecular flexibility index (Phi) is 6.73. The highest BCUT2D eigenvalue weighted by molar-refractivity contribution is 7.92. The maximum absolute atomic E-state index is 12.6. The number of amides is 1. The second-order valence-corrected chi connectivity index (χ2v) is 8.46. The Hall–Kier alpha value is -2.25. The van der Waals surface area contributed by atoms with Crippen molar-refractivity contribution in [1.29, 1.82) is 0 Å². The number of carbonyl (C=O) groups is 1. The summed E-state index contributed by atoms with van der Waals surface area (Å²) in [6.45, 7) is 3.58. The molecule has 0 aliphatic rings. The molecule has 146 valence electrons. The van der Waals surface area contributed by atoms with E-state index >= 15 is 0 Å². The topological polar surface area (TPSA) is 75.7 Å². The third-order valence-electron chi connectivity index (χ3n) is 4.14. The molecule has 0 heterocycles. The quantitative estimate of drug-likeness (QED) is 0.760. The van der Waals surface area contributed by atoms with Crippen LogP contribution < -0.4 is 14.4 Å². The molecule has 1 amide bonds. The lowest BCUT2D eigenvalue weighted by molar-refractivity contribution is -0.122. The van der Waals surface area contributed by atoms with Crippen LogP contribution >= 0.6 is 11.6 Å². The molecule has 8 heteroatoms. The molecule has 0 spiro atoms. The molecule has 0 aliphatic carbocycles. The van der Waals surface area contributed by atoms with Crippen LogP contribution in [0.3, 0.4) is 0 Å². The van der Waals surface area contributed by atoms with Crippen molar-refractivity contribution in [2.45, 2.75) is 26.4 Å². The van der Waals surface area contributed by atoms with Crippen molar-refractivity contribution in [3.63, 3.8) is 0 Å². The van der Waals surface area contributed by atoms with Gasteiger partial charge in [0.15, 0.2) is 0 Å². The van der Waals surface area contributed by atoms with E-state index in [0.29, 0.717) is 16.5 Å². The molecule has 2 rings (SSSR count). The van der Waals surface area contributed by atoms with Gasteiger partial charge in [-0.3, -0.25) is 9.10 Å². The summed E-state index contributed by atoms with van der Waals surface area (Å²) < 4.78 is 31.0. The van der Waals surface area contributed by atoms with Gasteiger partial charge in [-0.25, -0.2) is 8.42 Å². The Labute approximate surface area is 165 Å². The molecule has 0 saturated heterocycles.